The van der Waals surface area contributed by atoms with Crippen molar-refractivity contribution < 1.29 is 9.59 Å². The maximum Gasteiger partial charge on any atom is 0.324 e. The molecule has 2 rings (SSSR count). The lowest BCUT2D eigenvalue weighted by atomic mass is 10.1. The average molecular weight is 270 g/mol. The molecule has 0 bridgehead atoms. The van der Waals surface area contributed by atoms with E-state index < -0.39 is 18.2 Å². The van der Waals surface area contributed by atoms with Crippen LogP contribution in [0.5, 0.6) is 0 Å². The van der Waals surface area contributed by atoms with Gasteiger partial charge in [0.15, 0.2) is 0 Å². The summed E-state index contributed by atoms with van der Waals surface area (Å²) in [6.07, 6.45) is -0.473. The minimum atomic E-state index is -0.494. The predicted octanol–water partition coefficient (Wildman–Crippen LogP) is 1.47. The summed E-state index contributed by atoms with van der Waals surface area (Å²) in [5.74, 6) is 0. The van der Waals surface area contributed by atoms with Gasteiger partial charge in [-0.15, -0.1) is 0 Å². The second-order valence-electron chi connectivity index (χ2n) is 3.06. The molecule has 0 unspecified atom stereocenters. The molecule has 1 fully saturated rings. The van der Waals surface area contributed by atoms with Crippen molar-refractivity contribution in [3.05, 3.63) is 34.3 Å². The van der Waals surface area contributed by atoms with Gasteiger partial charge in [0.05, 0.1) is 0 Å². The summed E-state index contributed by atoms with van der Waals surface area (Å²) in [7, 11) is 0. The van der Waals surface area contributed by atoms with Crippen LogP contribution in [0.15, 0.2) is 28.7 Å². The molecule has 1 aliphatic heterocycles. The molecule has 78 valence electrons. The van der Waals surface area contributed by atoms with E-state index in [9.17, 15) is 9.59 Å². The molecule has 0 aliphatic carbocycles. The molecule has 5 nitrogen and oxygen atoms in total. The molecule has 0 atom stereocenters. The monoisotopic (exact) mass is 269 g/mol. The maximum atomic E-state index is 11.0. The summed E-state index contributed by atoms with van der Waals surface area (Å²) >= 11 is 3.31. The normalized spacial score (nSPS) is 16.6. The van der Waals surface area contributed by atoms with E-state index in [1.54, 1.807) is 0 Å². The van der Waals surface area contributed by atoms with Crippen molar-refractivity contribution in [1.29, 1.82) is 0 Å². The van der Waals surface area contributed by atoms with Crippen molar-refractivity contribution in [3.8, 4) is 0 Å². The van der Waals surface area contributed by atoms with Gasteiger partial charge in [-0.1, -0.05) is 28.1 Å². The van der Waals surface area contributed by atoms with Gasteiger partial charge in [0.25, 0.3) is 0 Å². The van der Waals surface area contributed by atoms with Crippen LogP contribution in [0.25, 0.3) is 0 Å². The van der Waals surface area contributed by atoms with Crippen molar-refractivity contribution in [2.45, 2.75) is 6.17 Å². The van der Waals surface area contributed by atoms with Crippen LogP contribution in [-0.4, -0.2) is 12.1 Å². The Labute approximate surface area is 94.4 Å². The molecule has 1 aliphatic rings. The first-order valence-electron chi connectivity index (χ1n) is 4.28. The zero-order valence-electron chi connectivity index (χ0n) is 7.58. The molecule has 3 N–H and O–H groups in total. The molecule has 1 heterocycles. The van der Waals surface area contributed by atoms with Crippen LogP contribution in [0.3, 0.4) is 0 Å². The van der Waals surface area contributed by atoms with Crippen molar-refractivity contribution in [1.82, 2.24) is 16.0 Å². The molecule has 0 aromatic heterocycles. The first kappa shape index (κ1) is 9.97. The number of carbonyl (C=O) groups excluding carboxylic acids is 2. The third-order valence-electron chi connectivity index (χ3n) is 1.98. The number of amides is 4. The third-order valence-corrected chi connectivity index (χ3v) is 2.51. The van der Waals surface area contributed by atoms with Crippen LogP contribution in [0.1, 0.15) is 11.7 Å². The zero-order chi connectivity index (χ0) is 10.8. The molecule has 15 heavy (non-hydrogen) atoms. The molecule has 4 amide bonds. The van der Waals surface area contributed by atoms with Gasteiger partial charge in [0, 0.05) is 4.47 Å². The number of imide groups is 1. The van der Waals surface area contributed by atoms with E-state index in [-0.39, 0.29) is 0 Å². The summed E-state index contributed by atoms with van der Waals surface area (Å²) < 4.78 is 0.942. The molecule has 1 aromatic carbocycles. The summed E-state index contributed by atoms with van der Waals surface area (Å²) in [6, 6.07) is 6.34. The highest BCUT2D eigenvalue weighted by Crippen LogP contribution is 2.16. The van der Waals surface area contributed by atoms with Crippen molar-refractivity contribution >= 4 is 28.0 Å². The van der Waals surface area contributed by atoms with Crippen LogP contribution < -0.4 is 16.0 Å². The van der Waals surface area contributed by atoms with Gasteiger partial charge in [-0.05, 0) is 17.7 Å². The van der Waals surface area contributed by atoms with Gasteiger partial charge >= 0.3 is 12.1 Å². The Hall–Kier alpha value is -1.56. The fourth-order valence-corrected chi connectivity index (χ4v) is 1.56. The van der Waals surface area contributed by atoms with E-state index in [2.05, 4.69) is 31.9 Å². The van der Waals surface area contributed by atoms with Crippen LogP contribution in [-0.2, 0) is 0 Å². The summed E-state index contributed by atoms with van der Waals surface area (Å²) in [5.41, 5.74) is 0.821. The number of carbonyl (C=O) groups is 2. The molecule has 0 saturated carbocycles. The van der Waals surface area contributed by atoms with Crippen molar-refractivity contribution in [2.24, 2.45) is 0 Å². The van der Waals surface area contributed by atoms with E-state index in [1.165, 1.54) is 0 Å². The quantitative estimate of drug-likeness (QED) is 0.723. The fourth-order valence-electron chi connectivity index (χ4n) is 1.30. The van der Waals surface area contributed by atoms with Crippen LogP contribution >= 0.6 is 15.9 Å². The lowest BCUT2D eigenvalue weighted by Crippen LogP contribution is -2.56. The smallest absolute Gasteiger partial charge is 0.313 e. The van der Waals surface area contributed by atoms with Gasteiger partial charge in [0.2, 0.25) is 0 Å². The van der Waals surface area contributed by atoms with Crippen LogP contribution in [0.4, 0.5) is 9.59 Å². The Morgan fingerprint density at radius 3 is 2.07 bits per heavy atom. The first-order valence-corrected chi connectivity index (χ1v) is 5.08. The van der Waals surface area contributed by atoms with Gasteiger partial charge in [0.1, 0.15) is 6.17 Å². The predicted molar refractivity (Wildman–Crippen MR) is 57.1 cm³/mol. The fraction of sp³-hybridized carbons (Fsp3) is 0.111. The second-order valence-corrected chi connectivity index (χ2v) is 3.97. The Morgan fingerprint density at radius 1 is 1.00 bits per heavy atom. The standard InChI is InChI=1S/C9H8BrN3O2/c10-6-3-1-5(2-4-6)7-11-8(14)13-9(15)12-7/h1-4,7H,(H3,11,12,13,14,15). The number of benzene rings is 1. The van der Waals surface area contributed by atoms with Gasteiger partial charge in [-0.25, -0.2) is 9.59 Å². The van der Waals surface area contributed by atoms with Crippen LogP contribution in [0.2, 0.25) is 0 Å². The number of hydrogen-bond donors (Lipinski definition) is 3. The SMILES string of the molecule is O=C1NC(=O)NC(c2ccc(Br)cc2)N1. The Kier molecular flexibility index (Phi) is 2.59. The third kappa shape index (κ3) is 2.27. The number of hydrogen-bond acceptors (Lipinski definition) is 2. The summed E-state index contributed by atoms with van der Waals surface area (Å²) in [5, 5.41) is 7.25. The van der Waals surface area contributed by atoms with Crippen LogP contribution in [0, 0.1) is 0 Å². The second kappa shape index (κ2) is 3.90. The van der Waals surface area contributed by atoms with Gasteiger partial charge in [-0.2, -0.15) is 0 Å². The number of urea groups is 2. The largest absolute Gasteiger partial charge is 0.324 e. The number of rotatable bonds is 1. The minimum absolute atomic E-state index is 0.473. The zero-order valence-corrected chi connectivity index (χ0v) is 9.17. The van der Waals surface area contributed by atoms with E-state index in [0.717, 1.165) is 10.0 Å². The molecular formula is C9H8BrN3O2. The Morgan fingerprint density at radius 2 is 1.53 bits per heavy atom. The Bertz CT molecular complexity index is 388. The molecule has 0 spiro atoms. The highest BCUT2D eigenvalue weighted by Gasteiger charge is 2.23. The van der Waals surface area contributed by atoms with E-state index in [4.69, 9.17) is 0 Å². The summed E-state index contributed by atoms with van der Waals surface area (Å²) in [6.45, 7) is 0. The topological polar surface area (TPSA) is 70.2 Å². The van der Waals surface area contributed by atoms with Gasteiger partial charge in [-0.3, -0.25) is 5.32 Å². The number of halogens is 1. The van der Waals surface area contributed by atoms with Gasteiger partial charge < -0.3 is 10.6 Å². The van der Waals surface area contributed by atoms with E-state index in [0.29, 0.717) is 0 Å². The van der Waals surface area contributed by atoms with Crippen molar-refractivity contribution in [3.63, 3.8) is 0 Å². The maximum absolute atomic E-state index is 11.0. The Balaban J connectivity index is 2.19. The van der Waals surface area contributed by atoms with E-state index >= 15 is 0 Å². The average Bonchev–Trinajstić information content (AvgIpc) is 2.17. The lowest BCUT2D eigenvalue weighted by molar-refractivity contribution is 0.209. The number of nitrogens with one attached hydrogen (secondary N) is 3. The van der Waals surface area contributed by atoms with E-state index in [1.807, 2.05) is 24.3 Å². The molecule has 6 heteroatoms. The molecule has 1 saturated heterocycles. The first-order chi connectivity index (χ1) is 7.15. The molecular weight excluding hydrogens is 262 g/mol. The molecule has 1 aromatic rings. The minimum Gasteiger partial charge on any atom is -0.313 e. The summed E-state index contributed by atoms with van der Waals surface area (Å²) in [4.78, 5) is 22.1. The highest BCUT2D eigenvalue weighted by molar-refractivity contribution is 9.10. The highest BCUT2D eigenvalue weighted by atomic mass is 79.9. The lowest BCUT2D eigenvalue weighted by Gasteiger charge is -2.25. The van der Waals surface area contributed by atoms with Crippen molar-refractivity contribution in [2.75, 3.05) is 0 Å². The molecule has 0 radical (unpaired) electrons.